The molecule has 0 aliphatic carbocycles. The Bertz CT molecular complexity index is 390. The van der Waals surface area contributed by atoms with E-state index in [9.17, 15) is 4.79 Å². The van der Waals surface area contributed by atoms with Gasteiger partial charge in [0.15, 0.2) is 0 Å². The fraction of sp³-hybridized carbons (Fsp3) is 0.533. The lowest BCUT2D eigenvalue weighted by Gasteiger charge is -2.12. The molecule has 1 N–H and O–H groups in total. The third kappa shape index (κ3) is 6.12. The van der Waals surface area contributed by atoms with Crippen molar-refractivity contribution in [2.24, 2.45) is 0 Å². The van der Waals surface area contributed by atoms with Crippen molar-refractivity contribution in [3.8, 4) is 0 Å². The maximum atomic E-state index is 11.7. The van der Waals surface area contributed by atoms with E-state index in [0.717, 1.165) is 4.90 Å². The lowest BCUT2D eigenvalue weighted by atomic mass is 10.0. The average Bonchev–Trinajstić information content (AvgIpc) is 2.37. The Morgan fingerprint density at radius 1 is 1.26 bits per heavy atom. The number of carbonyl (C=O) groups excluding carboxylic acids is 1. The minimum atomic E-state index is 0.0440. The molecule has 4 heteroatoms. The first kappa shape index (κ1) is 16.1. The third-order valence-corrected chi connectivity index (χ3v) is 3.75. The highest BCUT2D eigenvalue weighted by Crippen LogP contribution is 2.21. The molecule has 0 radical (unpaired) electrons. The molecular formula is C15H23NO2S. The lowest BCUT2D eigenvalue weighted by molar-refractivity contribution is -0.119. The summed E-state index contributed by atoms with van der Waals surface area (Å²) in [5.41, 5.74) is 1.32. The van der Waals surface area contributed by atoms with E-state index in [4.69, 9.17) is 4.74 Å². The van der Waals surface area contributed by atoms with Crippen LogP contribution in [0.2, 0.25) is 0 Å². The van der Waals surface area contributed by atoms with Crippen LogP contribution >= 0.6 is 11.8 Å². The van der Waals surface area contributed by atoms with Crippen LogP contribution in [-0.4, -0.2) is 31.4 Å². The summed E-state index contributed by atoms with van der Waals surface area (Å²) in [6, 6.07) is 8.45. The SMILES string of the molecule is COCC(C)NC(=O)CSc1ccc(C(C)C)cc1. The van der Waals surface area contributed by atoms with Crippen LogP contribution < -0.4 is 5.32 Å². The Morgan fingerprint density at radius 2 is 1.89 bits per heavy atom. The monoisotopic (exact) mass is 281 g/mol. The summed E-state index contributed by atoms with van der Waals surface area (Å²) >= 11 is 1.56. The number of nitrogens with one attached hydrogen (secondary N) is 1. The van der Waals surface area contributed by atoms with Crippen LogP contribution in [0, 0.1) is 0 Å². The Kier molecular flexibility index (Phi) is 6.95. The second-order valence-electron chi connectivity index (χ2n) is 4.94. The number of amides is 1. The third-order valence-electron chi connectivity index (χ3n) is 2.74. The van der Waals surface area contributed by atoms with Crippen molar-refractivity contribution in [2.45, 2.75) is 37.6 Å². The fourth-order valence-electron chi connectivity index (χ4n) is 1.71. The van der Waals surface area contributed by atoms with E-state index < -0.39 is 0 Å². The van der Waals surface area contributed by atoms with E-state index in [-0.39, 0.29) is 11.9 Å². The summed E-state index contributed by atoms with van der Waals surface area (Å²) < 4.78 is 4.98. The molecule has 0 fully saturated rings. The predicted octanol–water partition coefficient (Wildman–Crippen LogP) is 3.05. The molecule has 1 atom stereocenters. The molecule has 1 amide bonds. The molecule has 1 aromatic rings. The van der Waals surface area contributed by atoms with E-state index in [0.29, 0.717) is 18.3 Å². The van der Waals surface area contributed by atoms with Gasteiger partial charge in [-0.3, -0.25) is 4.79 Å². The van der Waals surface area contributed by atoms with Crippen molar-refractivity contribution in [1.29, 1.82) is 0 Å². The van der Waals surface area contributed by atoms with Crippen LogP contribution in [0.1, 0.15) is 32.3 Å². The Morgan fingerprint density at radius 3 is 2.42 bits per heavy atom. The average molecular weight is 281 g/mol. The van der Waals surface area contributed by atoms with Crippen LogP contribution in [0.3, 0.4) is 0 Å². The van der Waals surface area contributed by atoms with E-state index in [2.05, 4.69) is 43.4 Å². The summed E-state index contributed by atoms with van der Waals surface area (Å²) in [6.07, 6.45) is 0. The van der Waals surface area contributed by atoms with Crippen LogP contribution in [0.15, 0.2) is 29.2 Å². The maximum absolute atomic E-state index is 11.7. The van der Waals surface area contributed by atoms with Crippen LogP contribution in [0.5, 0.6) is 0 Å². The van der Waals surface area contributed by atoms with E-state index in [1.165, 1.54) is 5.56 Å². The Hall–Kier alpha value is -1.00. The molecule has 1 rings (SSSR count). The van der Waals surface area contributed by atoms with E-state index in [1.54, 1.807) is 18.9 Å². The summed E-state index contributed by atoms with van der Waals surface area (Å²) in [4.78, 5) is 12.8. The molecule has 1 aromatic carbocycles. The largest absolute Gasteiger partial charge is 0.383 e. The fourth-order valence-corrected chi connectivity index (χ4v) is 2.42. The molecule has 1 unspecified atom stereocenters. The highest BCUT2D eigenvalue weighted by atomic mass is 32.2. The van der Waals surface area contributed by atoms with E-state index in [1.807, 2.05) is 6.92 Å². The quantitative estimate of drug-likeness (QED) is 0.781. The summed E-state index contributed by atoms with van der Waals surface area (Å²) in [5, 5.41) is 2.90. The second-order valence-corrected chi connectivity index (χ2v) is 5.99. The molecule has 19 heavy (non-hydrogen) atoms. The molecule has 0 aliphatic heterocycles. The van der Waals surface area contributed by atoms with Gasteiger partial charge in [-0.25, -0.2) is 0 Å². The number of hydrogen-bond acceptors (Lipinski definition) is 3. The van der Waals surface area contributed by atoms with Crippen molar-refractivity contribution in [3.05, 3.63) is 29.8 Å². The van der Waals surface area contributed by atoms with Crippen molar-refractivity contribution in [1.82, 2.24) is 5.32 Å². The maximum Gasteiger partial charge on any atom is 0.230 e. The van der Waals surface area contributed by atoms with Gasteiger partial charge in [0.2, 0.25) is 5.91 Å². The van der Waals surface area contributed by atoms with Gasteiger partial charge in [0.25, 0.3) is 0 Å². The van der Waals surface area contributed by atoms with Crippen molar-refractivity contribution < 1.29 is 9.53 Å². The molecule has 0 aliphatic rings. The lowest BCUT2D eigenvalue weighted by Crippen LogP contribution is -2.36. The van der Waals surface area contributed by atoms with E-state index >= 15 is 0 Å². The molecule has 106 valence electrons. The number of thioether (sulfide) groups is 1. The van der Waals surface area contributed by atoms with Gasteiger partial charge >= 0.3 is 0 Å². The zero-order chi connectivity index (χ0) is 14.3. The second kappa shape index (κ2) is 8.23. The van der Waals surface area contributed by atoms with Crippen LogP contribution in [0.4, 0.5) is 0 Å². The Balaban J connectivity index is 2.37. The predicted molar refractivity (Wildman–Crippen MR) is 80.7 cm³/mol. The van der Waals surface area contributed by atoms with Gasteiger partial charge in [-0.2, -0.15) is 0 Å². The van der Waals surface area contributed by atoms with Crippen LogP contribution in [-0.2, 0) is 9.53 Å². The first-order valence-electron chi connectivity index (χ1n) is 6.54. The molecule has 3 nitrogen and oxygen atoms in total. The number of benzene rings is 1. The first-order valence-corrected chi connectivity index (χ1v) is 7.52. The zero-order valence-corrected chi connectivity index (χ0v) is 12.9. The van der Waals surface area contributed by atoms with Crippen molar-refractivity contribution >= 4 is 17.7 Å². The van der Waals surface area contributed by atoms with Crippen molar-refractivity contribution in [2.75, 3.05) is 19.5 Å². The smallest absolute Gasteiger partial charge is 0.230 e. The zero-order valence-electron chi connectivity index (χ0n) is 12.1. The van der Waals surface area contributed by atoms with Crippen molar-refractivity contribution in [3.63, 3.8) is 0 Å². The summed E-state index contributed by atoms with van der Waals surface area (Å²) in [7, 11) is 1.63. The van der Waals surface area contributed by atoms with Gasteiger partial charge in [-0.1, -0.05) is 26.0 Å². The number of ether oxygens (including phenoxy) is 1. The highest BCUT2D eigenvalue weighted by molar-refractivity contribution is 8.00. The number of rotatable bonds is 7. The first-order chi connectivity index (χ1) is 9.02. The highest BCUT2D eigenvalue weighted by Gasteiger charge is 2.07. The standard InChI is InChI=1S/C15H23NO2S/c1-11(2)13-5-7-14(8-6-13)19-10-15(17)16-12(3)9-18-4/h5-8,11-12H,9-10H2,1-4H3,(H,16,17). The number of methoxy groups -OCH3 is 1. The Labute approximate surface area is 120 Å². The summed E-state index contributed by atoms with van der Waals surface area (Å²) in [6.45, 7) is 6.82. The summed E-state index contributed by atoms with van der Waals surface area (Å²) in [5.74, 6) is 1.02. The molecule has 0 saturated heterocycles. The van der Waals surface area contributed by atoms with Gasteiger partial charge < -0.3 is 10.1 Å². The van der Waals surface area contributed by atoms with Gasteiger partial charge in [0.05, 0.1) is 12.4 Å². The van der Waals surface area contributed by atoms with Gasteiger partial charge in [0.1, 0.15) is 0 Å². The normalized spacial score (nSPS) is 12.5. The molecule has 0 spiro atoms. The van der Waals surface area contributed by atoms with Crippen LogP contribution in [0.25, 0.3) is 0 Å². The molecule has 0 saturated carbocycles. The minimum Gasteiger partial charge on any atom is -0.383 e. The molecule has 0 aromatic heterocycles. The number of carbonyl (C=O) groups is 1. The topological polar surface area (TPSA) is 38.3 Å². The minimum absolute atomic E-state index is 0.0440. The van der Waals surface area contributed by atoms with Gasteiger partial charge in [-0.15, -0.1) is 11.8 Å². The molecule has 0 bridgehead atoms. The number of hydrogen-bond donors (Lipinski definition) is 1. The molecule has 0 heterocycles. The van der Waals surface area contributed by atoms with Gasteiger partial charge in [-0.05, 0) is 30.5 Å². The van der Waals surface area contributed by atoms with Gasteiger partial charge in [0, 0.05) is 18.0 Å². The molecular weight excluding hydrogens is 258 g/mol.